The molecular weight excluding hydrogens is 398 g/mol. The number of piperazine rings is 1. The van der Waals surface area contributed by atoms with E-state index in [4.69, 9.17) is 4.98 Å². The van der Waals surface area contributed by atoms with Crippen LogP contribution in [0.4, 0.5) is 5.69 Å². The number of imidazole rings is 1. The van der Waals surface area contributed by atoms with E-state index in [2.05, 4.69) is 33.4 Å². The standard InChI is InChI=1S/C26H27N5O/c32-26-20-7-5-6-18-19(25-28-21-8-1-2-9-22(21)29-25)10-11-23(24(18)20)31(26)15-4-3-14-30-16-12-27-13-17-30/h1-2,5-11,27H,3-4,12-17H2,(H,28,29). The fraction of sp³-hybridized carbons (Fsp3) is 0.308. The summed E-state index contributed by atoms with van der Waals surface area (Å²) in [6.07, 6.45) is 2.12. The van der Waals surface area contributed by atoms with Crippen molar-refractivity contribution in [3.05, 3.63) is 60.2 Å². The number of rotatable bonds is 6. The molecule has 1 aromatic heterocycles. The van der Waals surface area contributed by atoms with Gasteiger partial charge < -0.3 is 20.1 Å². The Morgan fingerprint density at radius 3 is 2.59 bits per heavy atom. The highest BCUT2D eigenvalue weighted by Gasteiger charge is 2.30. The molecule has 2 aliphatic rings. The minimum atomic E-state index is 0.120. The minimum absolute atomic E-state index is 0.120. The summed E-state index contributed by atoms with van der Waals surface area (Å²) in [5, 5.41) is 5.53. The van der Waals surface area contributed by atoms with Crippen LogP contribution in [0.3, 0.4) is 0 Å². The molecule has 6 nitrogen and oxygen atoms in total. The van der Waals surface area contributed by atoms with Gasteiger partial charge in [0.1, 0.15) is 5.82 Å². The van der Waals surface area contributed by atoms with Crippen LogP contribution in [0.1, 0.15) is 23.2 Å². The third-order valence-corrected chi connectivity index (χ3v) is 6.75. The van der Waals surface area contributed by atoms with E-state index in [1.807, 2.05) is 41.3 Å². The van der Waals surface area contributed by atoms with Gasteiger partial charge >= 0.3 is 0 Å². The molecule has 0 bridgehead atoms. The van der Waals surface area contributed by atoms with E-state index >= 15 is 0 Å². The summed E-state index contributed by atoms with van der Waals surface area (Å²) in [4.78, 5) is 26.0. The van der Waals surface area contributed by atoms with Gasteiger partial charge in [-0.2, -0.15) is 0 Å². The van der Waals surface area contributed by atoms with Gasteiger partial charge in [-0.15, -0.1) is 0 Å². The Hall–Kier alpha value is -3.22. The van der Waals surface area contributed by atoms with Gasteiger partial charge in [0.25, 0.3) is 5.91 Å². The minimum Gasteiger partial charge on any atom is -0.338 e. The van der Waals surface area contributed by atoms with Crippen LogP contribution in [0.15, 0.2) is 54.6 Å². The number of hydrogen-bond acceptors (Lipinski definition) is 4. The Morgan fingerprint density at radius 2 is 1.72 bits per heavy atom. The third kappa shape index (κ3) is 3.27. The van der Waals surface area contributed by atoms with E-state index in [0.717, 1.165) is 96.6 Å². The molecule has 4 aromatic rings. The number of fused-ring (bicyclic) bond motifs is 1. The largest absolute Gasteiger partial charge is 0.338 e. The van der Waals surface area contributed by atoms with Crippen LogP contribution in [-0.2, 0) is 0 Å². The molecule has 0 aliphatic carbocycles. The van der Waals surface area contributed by atoms with Crippen LogP contribution in [0.25, 0.3) is 33.2 Å². The van der Waals surface area contributed by atoms with Crippen molar-refractivity contribution in [2.45, 2.75) is 12.8 Å². The maximum Gasteiger partial charge on any atom is 0.258 e. The molecule has 162 valence electrons. The van der Waals surface area contributed by atoms with Crippen molar-refractivity contribution in [3.63, 3.8) is 0 Å². The van der Waals surface area contributed by atoms with E-state index in [9.17, 15) is 4.79 Å². The van der Waals surface area contributed by atoms with E-state index in [1.165, 1.54) is 0 Å². The summed E-state index contributed by atoms with van der Waals surface area (Å²) in [6.45, 7) is 6.27. The summed E-state index contributed by atoms with van der Waals surface area (Å²) in [5.41, 5.74) is 4.84. The van der Waals surface area contributed by atoms with Crippen LogP contribution in [0.5, 0.6) is 0 Å². The van der Waals surface area contributed by atoms with E-state index in [1.54, 1.807) is 0 Å². The van der Waals surface area contributed by atoms with Crippen LogP contribution in [0.2, 0.25) is 0 Å². The van der Waals surface area contributed by atoms with Gasteiger partial charge in [0.2, 0.25) is 0 Å². The van der Waals surface area contributed by atoms with Crippen LogP contribution < -0.4 is 10.2 Å². The molecule has 1 amide bonds. The SMILES string of the molecule is O=C1c2cccc3c(-c4nc5ccccc5[nH]4)ccc(c23)N1CCCCN1CCNCC1. The van der Waals surface area contributed by atoms with E-state index < -0.39 is 0 Å². The summed E-state index contributed by atoms with van der Waals surface area (Å²) >= 11 is 0. The monoisotopic (exact) mass is 425 g/mol. The lowest BCUT2D eigenvalue weighted by molar-refractivity contribution is 0.0992. The number of aromatic amines is 1. The van der Waals surface area contributed by atoms with Gasteiger partial charge in [-0.25, -0.2) is 4.98 Å². The molecule has 0 atom stereocenters. The Balaban J connectivity index is 1.27. The highest BCUT2D eigenvalue weighted by atomic mass is 16.2. The lowest BCUT2D eigenvalue weighted by atomic mass is 10.00. The maximum atomic E-state index is 13.2. The summed E-state index contributed by atoms with van der Waals surface area (Å²) in [5.74, 6) is 0.964. The molecule has 0 saturated carbocycles. The second-order valence-corrected chi connectivity index (χ2v) is 8.72. The van der Waals surface area contributed by atoms with Crippen molar-refractivity contribution in [3.8, 4) is 11.4 Å². The first kappa shape index (κ1) is 19.5. The third-order valence-electron chi connectivity index (χ3n) is 6.75. The molecule has 6 heteroatoms. The Kier molecular flexibility index (Phi) is 4.89. The number of H-pyrrole nitrogens is 1. The molecule has 1 saturated heterocycles. The number of anilines is 1. The van der Waals surface area contributed by atoms with Gasteiger partial charge in [0, 0.05) is 49.2 Å². The van der Waals surface area contributed by atoms with Crippen molar-refractivity contribution in [2.75, 3.05) is 44.2 Å². The van der Waals surface area contributed by atoms with Crippen LogP contribution in [0, 0.1) is 0 Å². The average Bonchev–Trinajstić information content (AvgIpc) is 3.38. The summed E-state index contributed by atoms with van der Waals surface area (Å²) < 4.78 is 0. The molecule has 2 N–H and O–H groups in total. The number of nitrogens with zero attached hydrogens (tertiary/aromatic N) is 3. The molecule has 0 spiro atoms. The van der Waals surface area contributed by atoms with Gasteiger partial charge in [-0.05, 0) is 55.1 Å². The Labute approximate surface area is 187 Å². The topological polar surface area (TPSA) is 64.3 Å². The van der Waals surface area contributed by atoms with Gasteiger partial charge in [0.05, 0.1) is 16.7 Å². The number of para-hydroxylation sites is 2. The molecule has 0 radical (unpaired) electrons. The lowest BCUT2D eigenvalue weighted by Gasteiger charge is -2.27. The molecule has 1 fully saturated rings. The van der Waals surface area contributed by atoms with Gasteiger partial charge in [-0.1, -0.05) is 24.3 Å². The van der Waals surface area contributed by atoms with Crippen molar-refractivity contribution < 1.29 is 4.79 Å². The molecule has 2 aliphatic heterocycles. The summed E-state index contributed by atoms with van der Waals surface area (Å²) in [7, 11) is 0. The second kappa shape index (κ2) is 8.04. The molecular formula is C26H27N5O. The first-order valence-electron chi connectivity index (χ1n) is 11.6. The molecule has 0 unspecified atom stereocenters. The highest BCUT2D eigenvalue weighted by Crippen LogP contribution is 2.41. The first-order chi connectivity index (χ1) is 15.8. The summed E-state index contributed by atoms with van der Waals surface area (Å²) in [6, 6.07) is 18.3. The number of hydrogen-bond donors (Lipinski definition) is 2. The fourth-order valence-corrected chi connectivity index (χ4v) is 5.09. The van der Waals surface area contributed by atoms with Gasteiger partial charge in [0.15, 0.2) is 0 Å². The van der Waals surface area contributed by atoms with Gasteiger partial charge in [-0.3, -0.25) is 4.79 Å². The van der Waals surface area contributed by atoms with Crippen molar-refractivity contribution in [1.29, 1.82) is 0 Å². The van der Waals surface area contributed by atoms with Crippen LogP contribution in [-0.4, -0.2) is 60.0 Å². The maximum absolute atomic E-state index is 13.2. The lowest BCUT2D eigenvalue weighted by Crippen LogP contribution is -2.43. The zero-order chi connectivity index (χ0) is 21.5. The zero-order valence-electron chi connectivity index (χ0n) is 18.1. The van der Waals surface area contributed by atoms with Crippen molar-refractivity contribution in [1.82, 2.24) is 20.2 Å². The normalized spacial score (nSPS) is 16.5. The number of aromatic nitrogens is 2. The average molecular weight is 426 g/mol. The van der Waals surface area contributed by atoms with E-state index in [0.29, 0.717) is 0 Å². The van der Waals surface area contributed by atoms with Crippen molar-refractivity contribution >= 4 is 33.4 Å². The zero-order valence-corrected chi connectivity index (χ0v) is 18.1. The molecule has 32 heavy (non-hydrogen) atoms. The van der Waals surface area contributed by atoms with E-state index in [-0.39, 0.29) is 5.91 Å². The molecule has 6 rings (SSSR count). The molecule has 3 heterocycles. The first-order valence-corrected chi connectivity index (χ1v) is 11.6. The number of benzene rings is 3. The number of amides is 1. The smallest absolute Gasteiger partial charge is 0.258 e. The molecule has 3 aromatic carbocycles. The Bertz CT molecular complexity index is 1270. The van der Waals surface area contributed by atoms with Crippen LogP contribution >= 0.6 is 0 Å². The fourth-order valence-electron chi connectivity index (χ4n) is 5.09. The predicted molar refractivity (Wildman–Crippen MR) is 129 cm³/mol. The number of unbranched alkanes of at least 4 members (excludes halogenated alkanes) is 1. The quantitative estimate of drug-likeness (QED) is 0.458. The predicted octanol–water partition coefficient (Wildman–Crippen LogP) is 4.03. The number of carbonyl (C=O) groups is 1. The number of nitrogens with one attached hydrogen (secondary N) is 2. The van der Waals surface area contributed by atoms with Crippen molar-refractivity contribution in [2.24, 2.45) is 0 Å². The second-order valence-electron chi connectivity index (χ2n) is 8.72. The highest BCUT2D eigenvalue weighted by molar-refractivity contribution is 6.26. The number of carbonyl (C=O) groups excluding carboxylic acids is 1. The Morgan fingerprint density at radius 1 is 0.875 bits per heavy atom.